The number of nitrogens with one attached hydrogen (secondary N) is 1. The molecule has 0 unspecified atom stereocenters. The van der Waals surface area contributed by atoms with Gasteiger partial charge in [0.2, 0.25) is 11.8 Å². The topological polar surface area (TPSA) is 58.6 Å². The highest BCUT2D eigenvalue weighted by molar-refractivity contribution is 6.31. The highest BCUT2D eigenvalue weighted by Crippen LogP contribution is 2.21. The molecule has 0 aliphatic rings. The molecule has 0 bridgehead atoms. The predicted molar refractivity (Wildman–Crippen MR) is 116 cm³/mol. The third-order valence-corrected chi connectivity index (χ3v) is 5.17. The first kappa shape index (κ1) is 23.0. The van der Waals surface area contributed by atoms with Crippen molar-refractivity contribution < 1.29 is 14.3 Å². The minimum Gasteiger partial charge on any atom is -0.494 e. The van der Waals surface area contributed by atoms with Gasteiger partial charge in [0.05, 0.1) is 6.61 Å². The summed E-state index contributed by atoms with van der Waals surface area (Å²) in [6.07, 6.45) is 1.31. The first-order valence-electron chi connectivity index (χ1n) is 9.59. The summed E-state index contributed by atoms with van der Waals surface area (Å²) in [6, 6.07) is 13.9. The standard InChI is InChI=1S/C22H26Cl2N2O3/c1-3-20(22(28)25-2)26(15-16-7-4-5-8-19(16)24)21(27)9-6-14-29-18-12-10-17(23)11-13-18/h4-5,7-8,10-13,20H,3,6,9,14-15H2,1-2H3,(H,25,28)/t20-/m1/s1. The van der Waals surface area contributed by atoms with Crippen LogP contribution in [0.1, 0.15) is 31.7 Å². The zero-order valence-corrected chi connectivity index (χ0v) is 18.2. The Morgan fingerprint density at radius 3 is 2.41 bits per heavy atom. The van der Waals surface area contributed by atoms with E-state index in [1.165, 1.54) is 0 Å². The Bertz CT molecular complexity index is 812. The van der Waals surface area contributed by atoms with Crippen LogP contribution in [0.4, 0.5) is 0 Å². The maximum Gasteiger partial charge on any atom is 0.242 e. The van der Waals surface area contributed by atoms with Gasteiger partial charge in [-0.25, -0.2) is 0 Å². The number of nitrogens with zero attached hydrogens (tertiary/aromatic N) is 1. The van der Waals surface area contributed by atoms with Gasteiger partial charge < -0.3 is 15.0 Å². The van der Waals surface area contributed by atoms with Gasteiger partial charge >= 0.3 is 0 Å². The van der Waals surface area contributed by atoms with Crippen molar-refractivity contribution >= 4 is 35.0 Å². The van der Waals surface area contributed by atoms with Crippen LogP contribution in [0, 0.1) is 0 Å². The third kappa shape index (κ3) is 6.94. The SMILES string of the molecule is CC[C@H](C(=O)NC)N(Cc1ccccc1Cl)C(=O)CCCOc1ccc(Cl)cc1. The molecule has 29 heavy (non-hydrogen) atoms. The lowest BCUT2D eigenvalue weighted by Gasteiger charge is -2.30. The maximum absolute atomic E-state index is 13.0. The van der Waals surface area contributed by atoms with E-state index in [1.807, 2.05) is 25.1 Å². The summed E-state index contributed by atoms with van der Waals surface area (Å²) < 4.78 is 5.65. The molecule has 0 saturated heterocycles. The van der Waals surface area contributed by atoms with Crippen molar-refractivity contribution in [1.82, 2.24) is 10.2 Å². The first-order valence-corrected chi connectivity index (χ1v) is 10.3. The Labute approximate surface area is 181 Å². The third-order valence-electron chi connectivity index (χ3n) is 4.55. The van der Waals surface area contributed by atoms with Crippen molar-refractivity contribution in [2.24, 2.45) is 0 Å². The van der Waals surface area contributed by atoms with Crippen LogP contribution in [0.5, 0.6) is 5.75 Å². The maximum atomic E-state index is 13.0. The second-order valence-electron chi connectivity index (χ2n) is 6.56. The van der Waals surface area contributed by atoms with Crippen LogP contribution < -0.4 is 10.1 Å². The molecule has 1 atom stereocenters. The molecule has 0 saturated carbocycles. The molecule has 0 aromatic heterocycles. The Kier molecular flexibility index (Phi) is 9.29. The largest absolute Gasteiger partial charge is 0.494 e. The van der Waals surface area contributed by atoms with Crippen molar-refractivity contribution in [3.63, 3.8) is 0 Å². The molecular weight excluding hydrogens is 411 g/mol. The number of rotatable bonds is 10. The van der Waals surface area contributed by atoms with Gasteiger partial charge in [0, 0.05) is 30.1 Å². The van der Waals surface area contributed by atoms with Gasteiger partial charge in [0.15, 0.2) is 0 Å². The number of benzene rings is 2. The van der Waals surface area contributed by atoms with E-state index in [2.05, 4.69) is 5.32 Å². The molecule has 0 fully saturated rings. The minimum absolute atomic E-state index is 0.111. The number of carbonyl (C=O) groups excluding carboxylic acids is 2. The summed E-state index contributed by atoms with van der Waals surface area (Å²) in [4.78, 5) is 26.9. The van der Waals surface area contributed by atoms with Gasteiger partial charge in [-0.15, -0.1) is 0 Å². The Hall–Kier alpha value is -2.24. The number of hydrogen-bond acceptors (Lipinski definition) is 3. The average Bonchev–Trinajstić information content (AvgIpc) is 2.73. The zero-order valence-electron chi connectivity index (χ0n) is 16.7. The summed E-state index contributed by atoms with van der Waals surface area (Å²) in [5.74, 6) is 0.400. The van der Waals surface area contributed by atoms with Crippen molar-refractivity contribution in [1.29, 1.82) is 0 Å². The Balaban J connectivity index is 2.02. The quantitative estimate of drug-likeness (QED) is 0.548. The molecule has 0 radical (unpaired) electrons. The molecule has 156 valence electrons. The highest BCUT2D eigenvalue weighted by atomic mass is 35.5. The monoisotopic (exact) mass is 436 g/mol. The molecule has 0 heterocycles. The van der Waals surface area contributed by atoms with Crippen LogP contribution in [0.2, 0.25) is 10.0 Å². The second-order valence-corrected chi connectivity index (χ2v) is 7.40. The normalized spacial score (nSPS) is 11.6. The summed E-state index contributed by atoms with van der Waals surface area (Å²) in [7, 11) is 1.57. The lowest BCUT2D eigenvalue weighted by atomic mass is 10.1. The summed E-state index contributed by atoms with van der Waals surface area (Å²) in [5.41, 5.74) is 0.808. The van der Waals surface area contributed by atoms with Crippen LogP contribution in [0.3, 0.4) is 0 Å². The van der Waals surface area contributed by atoms with Crippen LogP contribution in [-0.4, -0.2) is 36.4 Å². The molecule has 2 aromatic carbocycles. The molecule has 0 aliphatic carbocycles. The van der Waals surface area contributed by atoms with E-state index in [9.17, 15) is 9.59 Å². The number of carbonyl (C=O) groups is 2. The van der Waals surface area contributed by atoms with Gasteiger partial charge in [-0.1, -0.05) is 48.3 Å². The van der Waals surface area contributed by atoms with Crippen LogP contribution in [-0.2, 0) is 16.1 Å². The van der Waals surface area contributed by atoms with Crippen molar-refractivity contribution in [3.05, 3.63) is 64.1 Å². The highest BCUT2D eigenvalue weighted by Gasteiger charge is 2.28. The molecule has 2 amide bonds. The summed E-state index contributed by atoms with van der Waals surface area (Å²) in [6.45, 7) is 2.56. The van der Waals surface area contributed by atoms with Gasteiger partial charge in [0.25, 0.3) is 0 Å². The van der Waals surface area contributed by atoms with Gasteiger partial charge in [0.1, 0.15) is 11.8 Å². The van der Waals surface area contributed by atoms with E-state index in [1.54, 1.807) is 42.3 Å². The number of hydrogen-bond donors (Lipinski definition) is 1. The van der Waals surface area contributed by atoms with E-state index in [4.69, 9.17) is 27.9 Å². The molecule has 2 rings (SSSR count). The van der Waals surface area contributed by atoms with Crippen LogP contribution in [0.25, 0.3) is 0 Å². The fraction of sp³-hybridized carbons (Fsp3) is 0.364. The molecule has 5 nitrogen and oxygen atoms in total. The lowest BCUT2D eigenvalue weighted by molar-refractivity contribution is -0.141. The molecule has 7 heteroatoms. The fourth-order valence-electron chi connectivity index (χ4n) is 2.98. The molecule has 0 aliphatic heterocycles. The van der Waals surface area contributed by atoms with Crippen LogP contribution >= 0.6 is 23.2 Å². The van der Waals surface area contributed by atoms with Gasteiger partial charge in [-0.3, -0.25) is 9.59 Å². The molecular formula is C22H26Cl2N2O3. The van der Waals surface area contributed by atoms with E-state index < -0.39 is 6.04 Å². The first-order chi connectivity index (χ1) is 14.0. The fourth-order valence-corrected chi connectivity index (χ4v) is 3.31. The number of halogens is 2. The number of ether oxygens (including phenoxy) is 1. The second kappa shape index (κ2) is 11.7. The van der Waals surface area contributed by atoms with Gasteiger partial charge in [-0.05, 0) is 48.7 Å². The Morgan fingerprint density at radius 2 is 1.79 bits per heavy atom. The van der Waals surface area contributed by atoms with Crippen molar-refractivity contribution in [3.8, 4) is 5.75 Å². The van der Waals surface area contributed by atoms with E-state index in [0.717, 1.165) is 5.56 Å². The lowest BCUT2D eigenvalue weighted by Crippen LogP contribution is -2.48. The van der Waals surface area contributed by atoms with Gasteiger partial charge in [-0.2, -0.15) is 0 Å². The minimum atomic E-state index is -0.555. The summed E-state index contributed by atoms with van der Waals surface area (Å²) >= 11 is 12.1. The van der Waals surface area contributed by atoms with Crippen molar-refractivity contribution in [2.45, 2.75) is 38.8 Å². The van der Waals surface area contributed by atoms with E-state index >= 15 is 0 Å². The van der Waals surface area contributed by atoms with Crippen molar-refractivity contribution in [2.75, 3.05) is 13.7 Å². The zero-order chi connectivity index (χ0) is 21.2. The van der Waals surface area contributed by atoms with Crippen LogP contribution in [0.15, 0.2) is 48.5 Å². The van der Waals surface area contributed by atoms with E-state index in [0.29, 0.717) is 35.2 Å². The number of amides is 2. The Morgan fingerprint density at radius 1 is 1.10 bits per heavy atom. The summed E-state index contributed by atoms with van der Waals surface area (Å²) in [5, 5.41) is 3.86. The molecule has 2 aromatic rings. The predicted octanol–water partition coefficient (Wildman–Crippen LogP) is 4.71. The smallest absolute Gasteiger partial charge is 0.242 e. The molecule has 1 N–H and O–H groups in total. The number of likely N-dealkylation sites (N-methyl/N-ethyl adjacent to an activating group) is 1. The molecule has 0 spiro atoms. The van der Waals surface area contributed by atoms with E-state index in [-0.39, 0.29) is 24.8 Å². The average molecular weight is 437 g/mol.